The topological polar surface area (TPSA) is 79.7 Å². The van der Waals surface area contributed by atoms with Crippen LogP contribution in [0.1, 0.15) is 29.6 Å². The van der Waals surface area contributed by atoms with Gasteiger partial charge in [-0.25, -0.2) is 4.39 Å². The Morgan fingerprint density at radius 1 is 1.23 bits per heavy atom. The lowest BCUT2D eigenvalue weighted by Gasteiger charge is -2.36. The Labute approximate surface area is 208 Å². The van der Waals surface area contributed by atoms with E-state index >= 15 is 0 Å². The van der Waals surface area contributed by atoms with Gasteiger partial charge < -0.3 is 14.7 Å². The van der Waals surface area contributed by atoms with Crippen LogP contribution in [0.5, 0.6) is 5.75 Å². The molecule has 2 heterocycles. The first-order valence-corrected chi connectivity index (χ1v) is 12.7. The van der Waals surface area contributed by atoms with Crippen molar-refractivity contribution in [1.29, 1.82) is 0 Å². The highest BCUT2D eigenvalue weighted by molar-refractivity contribution is 7.99. The fourth-order valence-corrected chi connectivity index (χ4v) is 5.64. The Kier molecular flexibility index (Phi) is 8.36. The molecule has 2 atom stereocenters. The minimum atomic E-state index is -0.840. The molecule has 184 valence electrons. The molecule has 1 aliphatic rings. The quantitative estimate of drug-likeness (QED) is 0.307. The fourth-order valence-electron chi connectivity index (χ4n) is 4.71. The van der Waals surface area contributed by atoms with Gasteiger partial charge in [-0.1, -0.05) is 18.2 Å². The van der Waals surface area contributed by atoms with Crippen molar-refractivity contribution in [2.75, 3.05) is 32.5 Å². The third kappa shape index (κ3) is 6.18. The lowest BCUT2D eigenvalue weighted by atomic mass is 9.81. The number of likely N-dealkylation sites (tertiary alicyclic amines) is 1. The largest absolute Gasteiger partial charge is 0.497 e. The smallest absolute Gasteiger partial charge is 0.308 e. The summed E-state index contributed by atoms with van der Waals surface area (Å²) in [4.78, 5) is 32.5. The predicted molar refractivity (Wildman–Crippen MR) is 135 cm³/mol. The number of pyridine rings is 1. The molecular weight excluding hydrogens is 467 g/mol. The zero-order chi connectivity index (χ0) is 24.8. The number of ketones is 1. The first-order valence-electron chi connectivity index (χ1n) is 11.7. The van der Waals surface area contributed by atoms with E-state index in [2.05, 4.69) is 22.0 Å². The lowest BCUT2D eigenvalue weighted by molar-refractivity contribution is -0.146. The van der Waals surface area contributed by atoms with Crippen molar-refractivity contribution in [3.8, 4) is 5.75 Å². The molecule has 0 spiro atoms. The van der Waals surface area contributed by atoms with E-state index in [9.17, 15) is 19.1 Å². The molecule has 1 aromatic heterocycles. The molecule has 0 bridgehead atoms. The standard InChI is InChI=1S/C27H29FN2O4S/c1-34-19-8-9-24-21(15-19)26(23(28)16-29-24)25(31)10-7-18-11-12-30(17-22(18)27(32)33)13-14-35-20-5-3-2-4-6-20/h2-6,8-9,15-16,18,22H,7,10-14,17H2,1H3,(H,32,33)/t18-,22+/m0/s1. The molecule has 35 heavy (non-hydrogen) atoms. The summed E-state index contributed by atoms with van der Waals surface area (Å²) in [5, 5.41) is 10.3. The van der Waals surface area contributed by atoms with Gasteiger partial charge in [0, 0.05) is 35.5 Å². The summed E-state index contributed by atoms with van der Waals surface area (Å²) < 4.78 is 19.9. The molecule has 8 heteroatoms. The molecule has 0 saturated carbocycles. The third-order valence-corrected chi connectivity index (χ3v) is 7.62. The first kappa shape index (κ1) is 25.1. The molecule has 1 saturated heterocycles. The lowest BCUT2D eigenvalue weighted by Crippen LogP contribution is -2.44. The summed E-state index contributed by atoms with van der Waals surface area (Å²) in [7, 11) is 1.51. The number of carbonyl (C=O) groups excluding carboxylic acids is 1. The molecule has 0 amide bonds. The van der Waals surface area contributed by atoms with Crippen molar-refractivity contribution in [2.24, 2.45) is 11.8 Å². The number of aliphatic carboxylic acids is 1. The third-order valence-electron chi connectivity index (χ3n) is 6.63. The molecule has 4 rings (SSSR count). The Morgan fingerprint density at radius 2 is 2.03 bits per heavy atom. The Balaban J connectivity index is 1.37. The molecule has 1 fully saturated rings. The van der Waals surface area contributed by atoms with Gasteiger partial charge in [0.2, 0.25) is 0 Å². The van der Waals surface area contributed by atoms with Crippen molar-refractivity contribution in [3.05, 3.63) is 66.1 Å². The number of benzene rings is 2. The Hall–Kier alpha value is -2.97. The number of fused-ring (bicyclic) bond motifs is 1. The predicted octanol–water partition coefficient (Wildman–Crippen LogP) is 5.16. The van der Waals surface area contributed by atoms with E-state index in [0.717, 1.165) is 25.0 Å². The molecule has 2 aromatic carbocycles. The van der Waals surface area contributed by atoms with Crippen LogP contribution in [0.4, 0.5) is 4.39 Å². The second kappa shape index (κ2) is 11.6. The summed E-state index contributed by atoms with van der Waals surface area (Å²) in [6.45, 7) is 2.07. The summed E-state index contributed by atoms with van der Waals surface area (Å²) >= 11 is 1.76. The van der Waals surface area contributed by atoms with Gasteiger partial charge in [-0.15, -0.1) is 11.8 Å². The number of Topliss-reactive ketones (excluding diaryl/α,β-unsaturated/α-hetero) is 1. The number of ether oxygens (including phenoxy) is 1. The van der Waals surface area contributed by atoms with Gasteiger partial charge in [0.1, 0.15) is 5.75 Å². The number of halogens is 1. The first-order chi connectivity index (χ1) is 17.0. The summed E-state index contributed by atoms with van der Waals surface area (Å²) in [5.41, 5.74) is 0.511. The SMILES string of the molecule is COc1ccc2ncc(F)c(C(=O)CC[C@H]3CCN(CCSc4ccccc4)C[C@H]3C(=O)O)c2c1. The number of nitrogens with zero attached hydrogens (tertiary/aromatic N) is 2. The van der Waals surface area contributed by atoms with Crippen molar-refractivity contribution >= 4 is 34.4 Å². The van der Waals surface area contributed by atoms with Crippen molar-refractivity contribution in [2.45, 2.75) is 24.2 Å². The van der Waals surface area contributed by atoms with Gasteiger partial charge in [-0.2, -0.15) is 0 Å². The Morgan fingerprint density at radius 3 is 2.77 bits per heavy atom. The summed E-state index contributed by atoms with van der Waals surface area (Å²) in [6, 6.07) is 15.2. The number of aromatic nitrogens is 1. The zero-order valence-corrected chi connectivity index (χ0v) is 20.5. The molecule has 6 nitrogen and oxygen atoms in total. The molecule has 1 N–H and O–H groups in total. The number of piperidine rings is 1. The number of rotatable bonds is 10. The van der Waals surface area contributed by atoms with E-state index in [1.54, 1.807) is 30.0 Å². The molecule has 3 aromatic rings. The van der Waals surface area contributed by atoms with Crippen LogP contribution in [0.3, 0.4) is 0 Å². The van der Waals surface area contributed by atoms with E-state index in [0.29, 0.717) is 36.0 Å². The van der Waals surface area contributed by atoms with Crippen LogP contribution in [0.25, 0.3) is 10.9 Å². The van der Waals surface area contributed by atoms with E-state index in [1.165, 1.54) is 12.0 Å². The van der Waals surface area contributed by atoms with Crippen LogP contribution in [0.2, 0.25) is 0 Å². The average Bonchev–Trinajstić information content (AvgIpc) is 2.87. The van der Waals surface area contributed by atoms with Crippen LogP contribution in [-0.2, 0) is 4.79 Å². The molecule has 1 aliphatic heterocycles. The number of carbonyl (C=O) groups is 2. The van der Waals surface area contributed by atoms with E-state index < -0.39 is 17.7 Å². The van der Waals surface area contributed by atoms with Crippen LogP contribution in [0, 0.1) is 17.7 Å². The van der Waals surface area contributed by atoms with Crippen molar-refractivity contribution in [3.63, 3.8) is 0 Å². The maximum absolute atomic E-state index is 14.6. The van der Waals surface area contributed by atoms with Crippen LogP contribution in [-0.4, -0.2) is 59.2 Å². The second-order valence-electron chi connectivity index (χ2n) is 8.78. The monoisotopic (exact) mass is 496 g/mol. The van der Waals surface area contributed by atoms with Gasteiger partial charge in [-0.05, 0) is 55.6 Å². The highest BCUT2D eigenvalue weighted by Gasteiger charge is 2.34. The van der Waals surface area contributed by atoms with Gasteiger partial charge in [0.05, 0.1) is 30.3 Å². The van der Waals surface area contributed by atoms with E-state index in [-0.39, 0.29) is 23.7 Å². The van der Waals surface area contributed by atoms with E-state index in [4.69, 9.17) is 4.74 Å². The maximum Gasteiger partial charge on any atom is 0.308 e. The summed E-state index contributed by atoms with van der Waals surface area (Å²) in [6.07, 6.45) is 2.27. The van der Waals surface area contributed by atoms with Crippen molar-refractivity contribution < 1.29 is 23.8 Å². The van der Waals surface area contributed by atoms with Gasteiger partial charge >= 0.3 is 5.97 Å². The highest BCUT2D eigenvalue weighted by Crippen LogP contribution is 2.31. The van der Waals surface area contributed by atoms with Gasteiger partial charge in [-0.3, -0.25) is 14.6 Å². The average molecular weight is 497 g/mol. The van der Waals surface area contributed by atoms with Crippen LogP contribution >= 0.6 is 11.8 Å². The summed E-state index contributed by atoms with van der Waals surface area (Å²) in [5.74, 6) is -1.11. The number of thioether (sulfide) groups is 1. The molecule has 0 unspecified atom stereocenters. The number of carboxylic acid groups (broad SMARTS) is 1. The van der Waals surface area contributed by atoms with E-state index in [1.807, 2.05) is 18.2 Å². The molecular formula is C27H29FN2O4S. The fraction of sp³-hybridized carbons (Fsp3) is 0.370. The minimum absolute atomic E-state index is 0.00357. The van der Waals surface area contributed by atoms with Crippen LogP contribution in [0.15, 0.2) is 59.6 Å². The highest BCUT2D eigenvalue weighted by atomic mass is 32.2. The zero-order valence-electron chi connectivity index (χ0n) is 19.7. The number of methoxy groups -OCH3 is 1. The number of hydrogen-bond acceptors (Lipinski definition) is 6. The maximum atomic E-state index is 14.6. The Bertz CT molecular complexity index is 1190. The van der Waals surface area contributed by atoms with Crippen LogP contribution < -0.4 is 4.74 Å². The van der Waals surface area contributed by atoms with Gasteiger partial charge in [0.25, 0.3) is 0 Å². The van der Waals surface area contributed by atoms with Gasteiger partial charge in [0.15, 0.2) is 11.6 Å². The minimum Gasteiger partial charge on any atom is -0.497 e. The number of hydrogen-bond donors (Lipinski definition) is 1. The second-order valence-corrected chi connectivity index (χ2v) is 9.95. The molecule has 0 aliphatic carbocycles. The molecule has 0 radical (unpaired) electrons. The van der Waals surface area contributed by atoms with Crippen molar-refractivity contribution in [1.82, 2.24) is 9.88 Å². The normalized spacial score (nSPS) is 18.5. The number of carboxylic acids is 1.